The molecule has 9 nitrogen and oxygen atoms in total. The molecular formula is C32H34Cl6FN9. The summed E-state index contributed by atoms with van der Waals surface area (Å²) in [4.78, 5) is 18.1. The molecule has 6 aromatic rings. The summed E-state index contributed by atoms with van der Waals surface area (Å²) in [5.74, 6) is 0.871. The fraction of sp³-hybridized carbons (Fsp3) is 0.156. The van der Waals surface area contributed by atoms with E-state index < -0.39 is 0 Å². The summed E-state index contributed by atoms with van der Waals surface area (Å²) in [7, 11) is 0. The number of nitrogens with zero attached hydrogens (tertiary/aromatic N) is 6. The van der Waals surface area contributed by atoms with Crippen molar-refractivity contribution in [3.05, 3.63) is 104 Å². The standard InChI is InChI=1S/C32H28FN9.6ClH/c33-29-7-6-25(21-4-3-10-35-16-21)26-15-30(37-19-28(26)29)27-14-22(17-38-32(27)41-40-31-5-1-2-11-36-31)23-18-39-42(20-23)24-8-12-34-13-9-24;;;;;;/h1-7,10-11,14-20,24,34H,8-9,12-13H2,(H,36,40)(H,38,41);6*1H. The number of hydrogen-bond acceptors (Lipinski definition) is 8. The van der Waals surface area contributed by atoms with Gasteiger partial charge in [0.15, 0.2) is 5.82 Å². The summed E-state index contributed by atoms with van der Waals surface area (Å²) >= 11 is 0. The molecule has 0 spiro atoms. The molecule has 1 aromatic carbocycles. The lowest BCUT2D eigenvalue weighted by molar-refractivity contribution is 0.343. The lowest BCUT2D eigenvalue weighted by atomic mass is 9.98. The molecule has 0 amide bonds. The summed E-state index contributed by atoms with van der Waals surface area (Å²) < 4.78 is 17.0. The van der Waals surface area contributed by atoms with Gasteiger partial charge in [-0.25, -0.2) is 14.4 Å². The van der Waals surface area contributed by atoms with Crippen molar-refractivity contribution in [3.8, 4) is 33.5 Å². The van der Waals surface area contributed by atoms with Gasteiger partial charge in [0.05, 0.1) is 17.9 Å². The van der Waals surface area contributed by atoms with Crippen molar-refractivity contribution in [3.63, 3.8) is 0 Å². The average molecular weight is 776 g/mol. The van der Waals surface area contributed by atoms with Crippen LogP contribution in [0, 0.1) is 5.82 Å². The summed E-state index contributed by atoms with van der Waals surface area (Å²) in [6.07, 6.45) is 14.7. The predicted molar refractivity (Wildman–Crippen MR) is 205 cm³/mol. The lowest BCUT2D eigenvalue weighted by Crippen LogP contribution is -2.29. The number of benzene rings is 1. The van der Waals surface area contributed by atoms with Gasteiger partial charge in [0, 0.05) is 64.8 Å². The van der Waals surface area contributed by atoms with Crippen molar-refractivity contribution < 1.29 is 4.39 Å². The Morgan fingerprint density at radius 2 is 1.50 bits per heavy atom. The molecule has 0 bridgehead atoms. The summed E-state index contributed by atoms with van der Waals surface area (Å²) in [6, 6.07) is 17.0. The van der Waals surface area contributed by atoms with Crippen LogP contribution in [0.5, 0.6) is 0 Å². The monoisotopic (exact) mass is 773 g/mol. The molecule has 256 valence electrons. The molecule has 48 heavy (non-hydrogen) atoms. The number of halogens is 7. The van der Waals surface area contributed by atoms with E-state index in [4.69, 9.17) is 9.97 Å². The maximum absolute atomic E-state index is 14.9. The van der Waals surface area contributed by atoms with Crippen LogP contribution >= 0.6 is 74.4 Å². The van der Waals surface area contributed by atoms with Gasteiger partial charge in [-0.15, -0.1) is 74.4 Å². The van der Waals surface area contributed by atoms with Gasteiger partial charge in [0.25, 0.3) is 0 Å². The molecule has 5 aromatic heterocycles. The molecular weight excluding hydrogens is 742 g/mol. The van der Waals surface area contributed by atoms with E-state index in [2.05, 4.69) is 42.1 Å². The minimum absolute atomic E-state index is 0. The fourth-order valence-electron chi connectivity index (χ4n) is 5.36. The highest BCUT2D eigenvalue weighted by Crippen LogP contribution is 2.35. The average Bonchev–Trinajstić information content (AvgIpc) is 3.56. The maximum Gasteiger partial charge on any atom is 0.153 e. The van der Waals surface area contributed by atoms with E-state index in [-0.39, 0.29) is 80.3 Å². The Morgan fingerprint density at radius 3 is 2.23 bits per heavy atom. The van der Waals surface area contributed by atoms with Gasteiger partial charge in [-0.05, 0) is 73.3 Å². The zero-order valence-corrected chi connectivity index (χ0v) is 30.1. The van der Waals surface area contributed by atoms with Crippen LogP contribution in [0.15, 0.2) is 98.0 Å². The third-order valence-corrected chi connectivity index (χ3v) is 7.58. The highest BCUT2D eigenvalue weighted by molar-refractivity contribution is 5.99. The normalized spacial score (nSPS) is 12.0. The highest BCUT2D eigenvalue weighted by Gasteiger charge is 2.18. The van der Waals surface area contributed by atoms with Crippen molar-refractivity contribution in [1.29, 1.82) is 0 Å². The van der Waals surface area contributed by atoms with Crippen LogP contribution in [0.1, 0.15) is 18.9 Å². The van der Waals surface area contributed by atoms with E-state index in [1.54, 1.807) is 30.9 Å². The number of hydrazine groups is 1. The smallest absolute Gasteiger partial charge is 0.153 e. The molecule has 1 aliphatic heterocycles. The number of fused-ring (bicyclic) bond motifs is 1. The Hall–Kier alpha value is -3.48. The van der Waals surface area contributed by atoms with E-state index in [0.717, 1.165) is 59.1 Å². The fourth-order valence-corrected chi connectivity index (χ4v) is 5.36. The first-order chi connectivity index (χ1) is 20.7. The van der Waals surface area contributed by atoms with Crippen LogP contribution in [0.25, 0.3) is 44.3 Å². The number of anilines is 2. The van der Waals surface area contributed by atoms with Crippen LogP contribution in [-0.2, 0) is 0 Å². The van der Waals surface area contributed by atoms with Gasteiger partial charge < -0.3 is 5.32 Å². The number of piperidine rings is 1. The third kappa shape index (κ3) is 9.15. The number of rotatable bonds is 7. The first-order valence-corrected chi connectivity index (χ1v) is 13.9. The van der Waals surface area contributed by atoms with Crippen LogP contribution in [0.2, 0.25) is 0 Å². The Morgan fingerprint density at radius 1 is 0.688 bits per heavy atom. The molecule has 16 heteroatoms. The topological polar surface area (TPSA) is 105 Å². The summed E-state index contributed by atoms with van der Waals surface area (Å²) in [6.45, 7) is 1.98. The first kappa shape index (κ1) is 42.5. The quantitative estimate of drug-likeness (QED) is 0.139. The van der Waals surface area contributed by atoms with Crippen molar-refractivity contribution in [2.24, 2.45) is 0 Å². The number of hydrogen-bond donors (Lipinski definition) is 3. The maximum atomic E-state index is 14.9. The molecule has 3 N–H and O–H groups in total. The lowest BCUT2D eigenvalue weighted by Gasteiger charge is -2.22. The molecule has 0 saturated carbocycles. The van der Waals surface area contributed by atoms with E-state index in [9.17, 15) is 4.39 Å². The van der Waals surface area contributed by atoms with Gasteiger partial charge in [-0.2, -0.15) is 5.10 Å². The molecule has 6 heterocycles. The third-order valence-electron chi connectivity index (χ3n) is 7.58. The van der Waals surface area contributed by atoms with Crippen LogP contribution < -0.4 is 16.2 Å². The van der Waals surface area contributed by atoms with Crippen molar-refractivity contribution in [1.82, 2.24) is 35.0 Å². The molecule has 1 saturated heterocycles. The largest absolute Gasteiger partial charge is 0.317 e. The summed E-state index contributed by atoms with van der Waals surface area (Å²) in [5.41, 5.74) is 11.3. The van der Waals surface area contributed by atoms with E-state index in [1.165, 1.54) is 6.07 Å². The van der Waals surface area contributed by atoms with E-state index in [1.807, 2.05) is 54.9 Å². The Kier molecular flexibility index (Phi) is 17.3. The predicted octanol–water partition coefficient (Wildman–Crippen LogP) is 8.65. The number of nitrogens with one attached hydrogen (secondary N) is 3. The second-order valence-electron chi connectivity index (χ2n) is 10.2. The molecule has 1 aliphatic rings. The van der Waals surface area contributed by atoms with Gasteiger partial charge in [0.1, 0.15) is 11.6 Å². The van der Waals surface area contributed by atoms with E-state index in [0.29, 0.717) is 28.8 Å². The number of pyridine rings is 4. The highest BCUT2D eigenvalue weighted by atomic mass is 35.5. The second kappa shape index (κ2) is 19.5. The van der Waals surface area contributed by atoms with Gasteiger partial charge >= 0.3 is 0 Å². The molecule has 0 radical (unpaired) electrons. The van der Waals surface area contributed by atoms with E-state index >= 15 is 0 Å². The Bertz CT molecular complexity index is 1860. The van der Waals surface area contributed by atoms with Crippen LogP contribution in [-0.4, -0.2) is 42.8 Å². The van der Waals surface area contributed by atoms with Gasteiger partial charge in [-0.1, -0.05) is 18.2 Å². The zero-order chi connectivity index (χ0) is 28.3. The number of aromatic nitrogens is 6. The Balaban J connectivity index is 0.00000192. The minimum Gasteiger partial charge on any atom is -0.317 e. The summed E-state index contributed by atoms with van der Waals surface area (Å²) in [5, 5.41) is 9.26. The van der Waals surface area contributed by atoms with Crippen molar-refractivity contribution >= 4 is 96.9 Å². The molecule has 0 atom stereocenters. The minimum atomic E-state index is -0.330. The first-order valence-electron chi connectivity index (χ1n) is 13.9. The molecule has 0 aliphatic carbocycles. The van der Waals surface area contributed by atoms with Crippen LogP contribution in [0.4, 0.5) is 16.0 Å². The van der Waals surface area contributed by atoms with Gasteiger partial charge in [0.2, 0.25) is 0 Å². The Labute approximate surface area is 314 Å². The zero-order valence-electron chi connectivity index (χ0n) is 25.2. The molecule has 1 fully saturated rings. The van der Waals surface area contributed by atoms with Crippen LogP contribution in [0.3, 0.4) is 0 Å². The molecule has 7 rings (SSSR count). The molecule has 0 unspecified atom stereocenters. The van der Waals surface area contributed by atoms with Crippen molar-refractivity contribution in [2.45, 2.75) is 18.9 Å². The van der Waals surface area contributed by atoms with Gasteiger partial charge in [-0.3, -0.25) is 25.5 Å². The second-order valence-corrected chi connectivity index (χ2v) is 10.2. The van der Waals surface area contributed by atoms with Crippen molar-refractivity contribution in [2.75, 3.05) is 23.9 Å². The SMILES string of the molecule is Cl.Cl.Cl.Cl.Cl.Cl.Fc1ccc(-c2cccnc2)c2cc(-c3cc(-c4cnn(C5CCNCC5)c4)cnc3NNc3ccccn3)ncc12.